The zero-order valence-electron chi connectivity index (χ0n) is 15.8. The first kappa shape index (κ1) is 20.7. The van der Waals surface area contributed by atoms with Crippen LogP contribution < -0.4 is 15.0 Å². The Morgan fingerprint density at radius 3 is 2.59 bits per heavy atom. The molecule has 1 unspecified atom stereocenters. The monoisotopic (exact) mass is 374 g/mol. The molecule has 0 aliphatic carbocycles. The molecule has 1 atom stereocenters. The van der Waals surface area contributed by atoms with Crippen LogP contribution in [0.25, 0.3) is 0 Å². The number of hydrogen-bond donors (Lipinski definition) is 2. The quantitative estimate of drug-likeness (QED) is 0.671. The molecule has 0 heterocycles. The summed E-state index contributed by atoms with van der Waals surface area (Å²) >= 11 is 0. The van der Waals surface area contributed by atoms with Gasteiger partial charge in [-0.1, -0.05) is 18.2 Å². The zero-order valence-corrected chi connectivity index (χ0v) is 15.8. The second-order valence-electron chi connectivity index (χ2n) is 6.37. The highest BCUT2D eigenvalue weighted by Crippen LogP contribution is 2.20. The Labute approximate surface area is 159 Å². The van der Waals surface area contributed by atoms with E-state index < -0.39 is 0 Å². The number of aliphatic hydroxyl groups excluding tert-OH is 1. The third kappa shape index (κ3) is 6.25. The first-order chi connectivity index (χ1) is 13.0. The van der Waals surface area contributed by atoms with Crippen LogP contribution in [-0.4, -0.2) is 37.3 Å². The molecule has 146 valence electrons. The molecule has 0 saturated carbocycles. The minimum Gasteiger partial charge on any atom is -0.496 e. The minimum atomic E-state index is -0.300. The third-order valence-electron chi connectivity index (χ3n) is 4.49. The fourth-order valence-corrected chi connectivity index (χ4v) is 2.97. The Bertz CT molecular complexity index is 722. The molecule has 2 rings (SSSR count). The Morgan fingerprint density at radius 1 is 1.22 bits per heavy atom. The maximum absolute atomic E-state index is 13.1. The number of amides is 1. The molecule has 1 amide bonds. The molecule has 5 nitrogen and oxygen atoms in total. The lowest BCUT2D eigenvalue weighted by Gasteiger charge is -2.30. The van der Waals surface area contributed by atoms with Crippen LogP contribution >= 0.6 is 0 Å². The summed E-state index contributed by atoms with van der Waals surface area (Å²) in [4.78, 5) is 14.2. The number of hydrogen-bond acceptors (Lipinski definition) is 4. The molecule has 6 heteroatoms. The van der Waals surface area contributed by atoms with E-state index >= 15 is 0 Å². The van der Waals surface area contributed by atoms with Gasteiger partial charge in [-0.2, -0.15) is 0 Å². The van der Waals surface area contributed by atoms with Gasteiger partial charge in [-0.15, -0.1) is 0 Å². The Balaban J connectivity index is 1.87. The number of carbonyl (C=O) groups is 1. The van der Waals surface area contributed by atoms with Gasteiger partial charge in [-0.25, -0.2) is 4.39 Å². The highest BCUT2D eigenvalue weighted by Gasteiger charge is 2.16. The first-order valence-corrected chi connectivity index (χ1v) is 9.06. The van der Waals surface area contributed by atoms with E-state index in [1.54, 1.807) is 19.2 Å². The van der Waals surface area contributed by atoms with Gasteiger partial charge in [0.25, 0.3) is 0 Å². The smallest absolute Gasteiger partial charge is 0.220 e. The van der Waals surface area contributed by atoms with E-state index in [0.717, 1.165) is 17.0 Å². The van der Waals surface area contributed by atoms with E-state index in [-0.39, 0.29) is 24.4 Å². The summed E-state index contributed by atoms with van der Waals surface area (Å²) in [6, 6.07) is 13.8. The predicted molar refractivity (Wildman–Crippen MR) is 104 cm³/mol. The summed E-state index contributed by atoms with van der Waals surface area (Å²) in [6.07, 6.45) is 0.981. The second kappa shape index (κ2) is 10.5. The summed E-state index contributed by atoms with van der Waals surface area (Å²) in [5, 5.41) is 12.2. The summed E-state index contributed by atoms with van der Waals surface area (Å²) < 4.78 is 18.4. The van der Waals surface area contributed by atoms with Crippen LogP contribution in [0.15, 0.2) is 48.5 Å². The molecule has 0 aromatic heterocycles. The number of anilines is 1. The number of benzene rings is 2. The standard InChI is InChI=1S/C21H27FN2O3/c1-16(24(13-14-25)19-10-8-18(22)9-11-19)7-12-21(26)23-15-17-5-3-4-6-20(17)27-2/h3-6,8-11,16,25H,7,12-15H2,1-2H3,(H,23,26). The van der Waals surface area contributed by atoms with Crippen LogP contribution in [0.3, 0.4) is 0 Å². The Kier molecular flexibility index (Phi) is 8.07. The van der Waals surface area contributed by atoms with E-state index in [0.29, 0.717) is 25.9 Å². The topological polar surface area (TPSA) is 61.8 Å². The maximum atomic E-state index is 13.1. The van der Waals surface area contributed by atoms with Crippen molar-refractivity contribution >= 4 is 11.6 Å². The minimum absolute atomic E-state index is 0.0122. The van der Waals surface area contributed by atoms with E-state index in [9.17, 15) is 14.3 Å². The summed E-state index contributed by atoms with van der Waals surface area (Å²) in [7, 11) is 1.60. The molecule has 0 radical (unpaired) electrons. The number of nitrogens with zero attached hydrogens (tertiary/aromatic N) is 1. The summed E-state index contributed by atoms with van der Waals surface area (Å²) in [5.74, 6) is 0.401. The largest absolute Gasteiger partial charge is 0.496 e. The van der Waals surface area contributed by atoms with Crippen molar-refractivity contribution in [2.24, 2.45) is 0 Å². The van der Waals surface area contributed by atoms with Gasteiger partial charge in [0.15, 0.2) is 0 Å². The fourth-order valence-electron chi connectivity index (χ4n) is 2.97. The molecule has 2 N–H and O–H groups in total. The number of rotatable bonds is 10. The number of aliphatic hydroxyl groups is 1. The number of ether oxygens (including phenoxy) is 1. The molecule has 0 saturated heterocycles. The number of methoxy groups -OCH3 is 1. The van der Waals surface area contributed by atoms with Crippen molar-refractivity contribution in [1.29, 1.82) is 0 Å². The molecule has 0 bridgehead atoms. The SMILES string of the molecule is COc1ccccc1CNC(=O)CCC(C)N(CCO)c1ccc(F)cc1. The van der Waals surface area contributed by atoms with Crippen molar-refractivity contribution < 1.29 is 19.0 Å². The highest BCUT2D eigenvalue weighted by molar-refractivity contribution is 5.76. The van der Waals surface area contributed by atoms with Gasteiger partial charge in [0, 0.05) is 36.8 Å². The van der Waals surface area contributed by atoms with Crippen LogP contribution in [0.2, 0.25) is 0 Å². The summed E-state index contributed by atoms with van der Waals surface area (Å²) in [6.45, 7) is 2.82. The summed E-state index contributed by atoms with van der Waals surface area (Å²) in [5.41, 5.74) is 1.75. The highest BCUT2D eigenvalue weighted by atomic mass is 19.1. The van der Waals surface area contributed by atoms with Gasteiger partial charge in [-0.3, -0.25) is 4.79 Å². The van der Waals surface area contributed by atoms with E-state index in [2.05, 4.69) is 5.32 Å². The van der Waals surface area contributed by atoms with Crippen LogP contribution in [-0.2, 0) is 11.3 Å². The molecular formula is C21H27FN2O3. The van der Waals surface area contributed by atoms with Crippen molar-refractivity contribution in [2.75, 3.05) is 25.2 Å². The maximum Gasteiger partial charge on any atom is 0.220 e. The van der Waals surface area contributed by atoms with Gasteiger partial charge in [0.1, 0.15) is 11.6 Å². The lowest BCUT2D eigenvalue weighted by atomic mass is 10.1. The molecule has 0 fully saturated rings. The fraction of sp³-hybridized carbons (Fsp3) is 0.381. The number of carbonyl (C=O) groups excluding carboxylic acids is 1. The molecule has 0 aliphatic rings. The lowest BCUT2D eigenvalue weighted by molar-refractivity contribution is -0.121. The lowest BCUT2D eigenvalue weighted by Crippen LogP contribution is -2.36. The van der Waals surface area contributed by atoms with Gasteiger partial charge in [0.2, 0.25) is 5.91 Å². The van der Waals surface area contributed by atoms with Crippen LogP contribution in [0.5, 0.6) is 5.75 Å². The average molecular weight is 374 g/mol. The average Bonchev–Trinajstić information content (AvgIpc) is 2.69. The van der Waals surface area contributed by atoms with Crippen molar-refractivity contribution in [3.05, 3.63) is 59.9 Å². The number of nitrogens with one attached hydrogen (secondary N) is 1. The molecular weight excluding hydrogens is 347 g/mol. The van der Waals surface area contributed by atoms with E-state index in [1.807, 2.05) is 36.1 Å². The molecule has 2 aromatic carbocycles. The Morgan fingerprint density at radius 2 is 1.93 bits per heavy atom. The normalized spacial score (nSPS) is 11.7. The van der Waals surface area contributed by atoms with Crippen LogP contribution in [0.1, 0.15) is 25.3 Å². The van der Waals surface area contributed by atoms with Crippen molar-refractivity contribution in [3.63, 3.8) is 0 Å². The zero-order chi connectivity index (χ0) is 19.6. The van der Waals surface area contributed by atoms with Gasteiger partial charge >= 0.3 is 0 Å². The molecule has 0 spiro atoms. The third-order valence-corrected chi connectivity index (χ3v) is 4.49. The number of halogens is 1. The van der Waals surface area contributed by atoms with Crippen molar-refractivity contribution in [1.82, 2.24) is 5.32 Å². The van der Waals surface area contributed by atoms with Gasteiger partial charge < -0.3 is 20.1 Å². The first-order valence-electron chi connectivity index (χ1n) is 9.06. The predicted octanol–water partition coefficient (Wildman–Crippen LogP) is 3.12. The van der Waals surface area contributed by atoms with Crippen molar-refractivity contribution in [2.45, 2.75) is 32.4 Å². The van der Waals surface area contributed by atoms with Crippen molar-refractivity contribution in [3.8, 4) is 5.75 Å². The molecule has 0 aliphatic heterocycles. The second-order valence-corrected chi connectivity index (χ2v) is 6.37. The van der Waals surface area contributed by atoms with E-state index in [1.165, 1.54) is 12.1 Å². The molecule has 27 heavy (non-hydrogen) atoms. The van der Waals surface area contributed by atoms with E-state index in [4.69, 9.17) is 4.74 Å². The van der Waals surface area contributed by atoms with Crippen LogP contribution in [0.4, 0.5) is 10.1 Å². The van der Waals surface area contributed by atoms with Gasteiger partial charge in [-0.05, 0) is 43.7 Å². The van der Waals surface area contributed by atoms with Crippen LogP contribution in [0, 0.1) is 5.82 Å². The Hall–Kier alpha value is -2.60. The number of para-hydroxylation sites is 1. The van der Waals surface area contributed by atoms with Gasteiger partial charge in [0.05, 0.1) is 13.7 Å². The molecule has 2 aromatic rings.